The van der Waals surface area contributed by atoms with E-state index >= 15 is 0 Å². The molecule has 2 unspecified atom stereocenters. The number of amides is 1. The van der Waals surface area contributed by atoms with E-state index in [2.05, 4.69) is 4.98 Å². The van der Waals surface area contributed by atoms with Crippen molar-refractivity contribution in [3.05, 3.63) is 28.8 Å². The lowest BCUT2D eigenvalue weighted by molar-refractivity contribution is 0.0698. The van der Waals surface area contributed by atoms with E-state index in [4.69, 9.17) is 11.6 Å². The zero-order valence-corrected chi connectivity index (χ0v) is 12.1. The molecular weight excluding hydrogens is 285 g/mol. The van der Waals surface area contributed by atoms with E-state index in [1.165, 1.54) is 4.90 Å². The molecule has 1 aliphatic rings. The van der Waals surface area contributed by atoms with Crippen molar-refractivity contribution >= 4 is 17.5 Å². The van der Waals surface area contributed by atoms with Crippen LogP contribution in [0.25, 0.3) is 0 Å². The summed E-state index contributed by atoms with van der Waals surface area (Å²) in [6, 6.07) is 0.960. The van der Waals surface area contributed by atoms with Crippen LogP contribution in [0.3, 0.4) is 0 Å². The van der Waals surface area contributed by atoms with Crippen molar-refractivity contribution in [2.24, 2.45) is 0 Å². The lowest BCUT2D eigenvalue weighted by Gasteiger charge is -2.27. The van der Waals surface area contributed by atoms with Crippen molar-refractivity contribution in [2.75, 3.05) is 27.2 Å². The number of hydrogen-bond donors (Lipinski definition) is 1. The number of nitrogens with zero attached hydrogens (tertiary/aromatic N) is 3. The Balaban J connectivity index is 2.24. The third-order valence-corrected chi connectivity index (χ3v) is 3.57. The molecule has 110 valence electrons. The van der Waals surface area contributed by atoms with Gasteiger partial charge in [-0.15, -0.1) is 0 Å². The third kappa shape index (κ3) is 3.26. The van der Waals surface area contributed by atoms with Gasteiger partial charge in [0.2, 0.25) is 0 Å². The van der Waals surface area contributed by atoms with Gasteiger partial charge in [0.15, 0.2) is 0 Å². The van der Waals surface area contributed by atoms with Crippen LogP contribution in [0.15, 0.2) is 12.3 Å². The fourth-order valence-electron chi connectivity index (χ4n) is 2.46. The molecule has 1 aromatic rings. The molecule has 1 amide bonds. The van der Waals surface area contributed by atoms with Gasteiger partial charge in [-0.2, -0.15) is 0 Å². The highest BCUT2D eigenvalue weighted by molar-refractivity contribution is 6.32. The molecule has 1 aliphatic heterocycles. The van der Waals surface area contributed by atoms with Crippen LogP contribution < -0.4 is 0 Å². The number of pyridine rings is 1. The summed E-state index contributed by atoms with van der Waals surface area (Å²) in [6.07, 6.45) is 0.906. The second-order valence-electron chi connectivity index (χ2n) is 5.26. The average molecular weight is 302 g/mol. The number of hydrogen-bond acceptors (Lipinski definition) is 4. The predicted octanol–water partition coefficient (Wildman–Crippen LogP) is 1.01. The topological polar surface area (TPSA) is 56.7 Å². The van der Waals surface area contributed by atoms with Crippen LogP contribution in [0.1, 0.15) is 16.8 Å². The first-order chi connectivity index (χ1) is 9.38. The van der Waals surface area contributed by atoms with Crippen LogP contribution in [0.4, 0.5) is 4.39 Å². The van der Waals surface area contributed by atoms with Gasteiger partial charge >= 0.3 is 0 Å². The number of β-amino-alcohol motifs (C(OH)–C–C–N with tert-alkyl or cyclic N) is 1. The van der Waals surface area contributed by atoms with Gasteiger partial charge < -0.3 is 14.9 Å². The molecule has 20 heavy (non-hydrogen) atoms. The quantitative estimate of drug-likeness (QED) is 0.847. The summed E-state index contributed by atoms with van der Waals surface area (Å²) in [5.41, 5.74) is 0.0320. The van der Waals surface area contributed by atoms with Crippen LogP contribution >= 0.6 is 11.6 Å². The number of halogens is 2. The van der Waals surface area contributed by atoms with Gasteiger partial charge in [-0.25, -0.2) is 9.37 Å². The molecule has 0 saturated carbocycles. The SMILES string of the molecule is CN(C)CC1CC(O)CN1C(=O)c1cc(F)cnc1Cl. The highest BCUT2D eigenvalue weighted by Gasteiger charge is 2.35. The Labute approximate surface area is 122 Å². The van der Waals surface area contributed by atoms with Crippen molar-refractivity contribution in [3.8, 4) is 0 Å². The molecule has 2 heterocycles. The summed E-state index contributed by atoms with van der Waals surface area (Å²) in [6.45, 7) is 0.855. The van der Waals surface area contributed by atoms with Gasteiger partial charge in [0.05, 0.1) is 17.9 Å². The zero-order valence-electron chi connectivity index (χ0n) is 11.4. The number of likely N-dealkylation sites (tertiary alicyclic amines) is 1. The first-order valence-corrected chi connectivity index (χ1v) is 6.71. The van der Waals surface area contributed by atoms with Crippen LogP contribution in [0.2, 0.25) is 5.15 Å². The molecular formula is C13H17ClFN3O2. The fraction of sp³-hybridized carbons (Fsp3) is 0.538. The van der Waals surface area contributed by atoms with Gasteiger partial charge in [-0.1, -0.05) is 11.6 Å². The van der Waals surface area contributed by atoms with Crippen molar-refractivity contribution in [3.63, 3.8) is 0 Å². The van der Waals surface area contributed by atoms with E-state index in [1.54, 1.807) is 0 Å². The van der Waals surface area contributed by atoms with Crippen molar-refractivity contribution in [1.29, 1.82) is 0 Å². The van der Waals surface area contributed by atoms with E-state index in [-0.39, 0.29) is 23.3 Å². The standard InChI is InChI=1S/C13H17ClFN3O2/c1-17(2)6-9-4-10(19)7-18(9)13(20)11-3-8(15)5-16-12(11)14/h3,5,9-10,19H,4,6-7H2,1-2H3. The summed E-state index contributed by atoms with van der Waals surface area (Å²) in [5, 5.41) is 9.74. The van der Waals surface area contributed by atoms with Crippen LogP contribution in [-0.2, 0) is 0 Å². The Bertz CT molecular complexity index is 512. The Hall–Kier alpha value is -1.24. The van der Waals surface area contributed by atoms with Gasteiger partial charge in [-0.05, 0) is 26.6 Å². The van der Waals surface area contributed by atoms with E-state index in [9.17, 15) is 14.3 Å². The van der Waals surface area contributed by atoms with Crippen molar-refractivity contribution in [2.45, 2.75) is 18.6 Å². The van der Waals surface area contributed by atoms with Crippen LogP contribution in [0.5, 0.6) is 0 Å². The van der Waals surface area contributed by atoms with E-state index in [1.807, 2.05) is 19.0 Å². The first-order valence-electron chi connectivity index (χ1n) is 6.33. The molecule has 1 aromatic heterocycles. The molecule has 1 fully saturated rings. The van der Waals surface area contributed by atoms with Gasteiger partial charge in [-0.3, -0.25) is 4.79 Å². The summed E-state index contributed by atoms with van der Waals surface area (Å²) >= 11 is 5.86. The minimum Gasteiger partial charge on any atom is -0.391 e. The molecule has 0 spiro atoms. The molecule has 7 heteroatoms. The number of aliphatic hydroxyl groups excluding tert-OH is 1. The third-order valence-electron chi connectivity index (χ3n) is 3.27. The van der Waals surface area contributed by atoms with E-state index in [0.717, 1.165) is 12.3 Å². The molecule has 0 aromatic carbocycles. The van der Waals surface area contributed by atoms with Crippen LogP contribution in [0, 0.1) is 5.82 Å². The molecule has 2 atom stereocenters. The Morgan fingerprint density at radius 2 is 2.35 bits per heavy atom. The van der Waals surface area contributed by atoms with Crippen molar-refractivity contribution < 1.29 is 14.3 Å². The normalized spacial score (nSPS) is 22.6. The minimum absolute atomic E-state index is 0.0265. The van der Waals surface area contributed by atoms with Crippen molar-refractivity contribution in [1.82, 2.24) is 14.8 Å². The number of carbonyl (C=O) groups is 1. The van der Waals surface area contributed by atoms with E-state index in [0.29, 0.717) is 13.0 Å². The lowest BCUT2D eigenvalue weighted by atomic mass is 10.1. The average Bonchev–Trinajstić information content (AvgIpc) is 2.71. The minimum atomic E-state index is -0.610. The second-order valence-corrected chi connectivity index (χ2v) is 5.61. The second kappa shape index (κ2) is 6.03. The number of aliphatic hydroxyl groups is 1. The first kappa shape index (κ1) is 15.2. The maximum absolute atomic E-state index is 13.2. The lowest BCUT2D eigenvalue weighted by Crippen LogP contribution is -2.41. The van der Waals surface area contributed by atoms with Gasteiger partial charge in [0.1, 0.15) is 11.0 Å². The smallest absolute Gasteiger partial charge is 0.257 e. The molecule has 2 rings (SSSR count). The highest BCUT2D eigenvalue weighted by atomic mass is 35.5. The largest absolute Gasteiger partial charge is 0.391 e. The number of carbonyl (C=O) groups excluding carboxylic acids is 1. The van der Waals surface area contributed by atoms with Crippen LogP contribution in [-0.4, -0.2) is 65.1 Å². The maximum Gasteiger partial charge on any atom is 0.257 e. The molecule has 1 N–H and O–H groups in total. The highest BCUT2D eigenvalue weighted by Crippen LogP contribution is 2.24. The number of rotatable bonds is 3. The molecule has 1 saturated heterocycles. The Morgan fingerprint density at radius 3 is 3.00 bits per heavy atom. The summed E-state index contributed by atoms with van der Waals surface area (Å²) in [5.74, 6) is -1.01. The molecule has 5 nitrogen and oxygen atoms in total. The summed E-state index contributed by atoms with van der Waals surface area (Å²) in [4.78, 5) is 19.6. The van der Waals surface area contributed by atoms with Gasteiger partial charge in [0, 0.05) is 19.1 Å². The number of likely N-dealkylation sites (N-methyl/N-ethyl adjacent to an activating group) is 1. The molecule has 0 radical (unpaired) electrons. The monoisotopic (exact) mass is 301 g/mol. The van der Waals surface area contributed by atoms with E-state index < -0.39 is 17.8 Å². The Morgan fingerprint density at radius 1 is 1.65 bits per heavy atom. The number of aromatic nitrogens is 1. The molecule has 0 bridgehead atoms. The van der Waals surface area contributed by atoms with Gasteiger partial charge in [0.25, 0.3) is 5.91 Å². The zero-order chi connectivity index (χ0) is 14.9. The summed E-state index contributed by atoms with van der Waals surface area (Å²) < 4.78 is 13.2. The Kier molecular flexibility index (Phi) is 4.57. The molecule has 0 aliphatic carbocycles. The fourth-order valence-corrected chi connectivity index (χ4v) is 2.65. The summed E-state index contributed by atoms with van der Waals surface area (Å²) in [7, 11) is 3.79. The predicted molar refractivity (Wildman–Crippen MR) is 73.2 cm³/mol. The maximum atomic E-state index is 13.2.